The molecule has 2 rings (SSSR count). The molecule has 0 saturated carbocycles. The maximum atomic E-state index is 11.6. The third-order valence-corrected chi connectivity index (χ3v) is 2.52. The molecule has 7 heteroatoms. The van der Waals surface area contributed by atoms with Crippen LogP contribution in [0.25, 0.3) is 0 Å². The molecule has 0 spiro atoms. The van der Waals surface area contributed by atoms with E-state index >= 15 is 0 Å². The maximum absolute atomic E-state index is 11.6. The van der Waals surface area contributed by atoms with Crippen molar-refractivity contribution in [2.24, 2.45) is 5.92 Å². The fourth-order valence-electron chi connectivity index (χ4n) is 1.68. The van der Waals surface area contributed by atoms with Crippen molar-refractivity contribution in [1.82, 2.24) is 20.7 Å². The van der Waals surface area contributed by atoms with Gasteiger partial charge in [-0.1, -0.05) is 0 Å². The van der Waals surface area contributed by atoms with E-state index in [2.05, 4.69) is 26.0 Å². The number of rotatable bonds is 3. The van der Waals surface area contributed by atoms with Crippen molar-refractivity contribution in [2.45, 2.75) is 19.3 Å². The van der Waals surface area contributed by atoms with Crippen LogP contribution in [-0.4, -0.2) is 33.8 Å². The highest BCUT2D eigenvalue weighted by molar-refractivity contribution is 5.89. The lowest BCUT2D eigenvalue weighted by Crippen LogP contribution is -2.36. The number of piperidine rings is 1. The highest BCUT2D eigenvalue weighted by atomic mass is 16.2. The van der Waals surface area contributed by atoms with Crippen LogP contribution < -0.4 is 10.6 Å². The van der Waals surface area contributed by atoms with Gasteiger partial charge < -0.3 is 10.6 Å². The number of H-pyrrole nitrogens is 1. The first-order valence-corrected chi connectivity index (χ1v) is 5.16. The second-order valence-corrected chi connectivity index (χ2v) is 3.82. The Kier molecular flexibility index (Phi) is 3.13. The smallest absolute Gasteiger partial charge is 0.225 e. The molecule has 0 aliphatic carbocycles. The zero-order valence-corrected chi connectivity index (χ0v) is 8.69. The van der Waals surface area contributed by atoms with E-state index in [9.17, 15) is 9.59 Å². The van der Waals surface area contributed by atoms with Crippen LogP contribution in [0.2, 0.25) is 0 Å². The van der Waals surface area contributed by atoms with Gasteiger partial charge in [-0.25, -0.2) is 0 Å². The predicted molar refractivity (Wildman–Crippen MR) is 55.4 cm³/mol. The monoisotopic (exact) mass is 223 g/mol. The third-order valence-electron chi connectivity index (χ3n) is 2.52. The molecule has 2 amide bonds. The molecule has 1 aliphatic heterocycles. The number of aromatic nitrogens is 3. The molecule has 3 N–H and O–H groups in total. The van der Waals surface area contributed by atoms with Gasteiger partial charge in [0.1, 0.15) is 0 Å². The number of hydrogen-bond acceptors (Lipinski definition) is 4. The zero-order chi connectivity index (χ0) is 11.4. The molecule has 2 heterocycles. The van der Waals surface area contributed by atoms with Gasteiger partial charge in [-0.3, -0.25) is 9.59 Å². The predicted octanol–water partition coefficient (Wildman–Crippen LogP) is -0.341. The van der Waals surface area contributed by atoms with Gasteiger partial charge in [-0.05, 0) is 12.3 Å². The standard InChI is InChI=1S/C9H13N5O2/c15-8-2-1-6(4-10-8)3-9(16)12-7-5-11-14-13-7/h5-6H,1-4H2,(H,10,15)(H2,11,12,13,14,16). The van der Waals surface area contributed by atoms with Crippen LogP contribution in [0.5, 0.6) is 0 Å². The van der Waals surface area contributed by atoms with E-state index < -0.39 is 0 Å². The Morgan fingerprint density at radius 3 is 3.12 bits per heavy atom. The molecule has 1 aliphatic rings. The van der Waals surface area contributed by atoms with Crippen LogP contribution in [-0.2, 0) is 9.59 Å². The normalized spacial score (nSPS) is 20.2. The largest absolute Gasteiger partial charge is 0.356 e. The Labute approximate surface area is 92.0 Å². The molecule has 1 atom stereocenters. The molecule has 0 radical (unpaired) electrons. The zero-order valence-electron chi connectivity index (χ0n) is 8.69. The number of carbonyl (C=O) groups is 2. The molecule has 1 aromatic rings. The van der Waals surface area contributed by atoms with Crippen LogP contribution in [0, 0.1) is 5.92 Å². The molecule has 0 bridgehead atoms. The summed E-state index contributed by atoms with van der Waals surface area (Å²) in [6.07, 6.45) is 3.10. The molecule has 86 valence electrons. The van der Waals surface area contributed by atoms with Gasteiger partial charge >= 0.3 is 0 Å². The number of hydrogen-bond donors (Lipinski definition) is 3. The molecule has 1 fully saturated rings. The van der Waals surface area contributed by atoms with Gasteiger partial charge in [-0.15, -0.1) is 5.10 Å². The maximum Gasteiger partial charge on any atom is 0.225 e. The highest BCUT2D eigenvalue weighted by Crippen LogP contribution is 2.15. The van der Waals surface area contributed by atoms with E-state index in [1.165, 1.54) is 6.20 Å². The summed E-state index contributed by atoms with van der Waals surface area (Å²) < 4.78 is 0. The minimum absolute atomic E-state index is 0.0631. The number of anilines is 1. The lowest BCUT2D eigenvalue weighted by Gasteiger charge is -2.21. The molecule has 0 aromatic carbocycles. The fraction of sp³-hybridized carbons (Fsp3) is 0.556. The number of nitrogens with zero attached hydrogens (tertiary/aromatic N) is 2. The Morgan fingerprint density at radius 1 is 1.62 bits per heavy atom. The van der Waals surface area contributed by atoms with E-state index in [1.54, 1.807) is 0 Å². The van der Waals surface area contributed by atoms with Crippen LogP contribution in [0.1, 0.15) is 19.3 Å². The van der Waals surface area contributed by atoms with E-state index in [0.29, 0.717) is 25.2 Å². The van der Waals surface area contributed by atoms with Gasteiger partial charge in [0.05, 0.1) is 6.20 Å². The topological polar surface area (TPSA) is 99.8 Å². The van der Waals surface area contributed by atoms with Crippen molar-refractivity contribution in [1.29, 1.82) is 0 Å². The summed E-state index contributed by atoms with van der Waals surface area (Å²) >= 11 is 0. The summed E-state index contributed by atoms with van der Waals surface area (Å²) in [5.41, 5.74) is 0. The Hall–Kier alpha value is -1.92. The van der Waals surface area contributed by atoms with Gasteiger partial charge in [0.15, 0.2) is 5.82 Å². The van der Waals surface area contributed by atoms with E-state index in [-0.39, 0.29) is 17.7 Å². The summed E-state index contributed by atoms with van der Waals surface area (Å²) in [5.74, 6) is 0.595. The minimum Gasteiger partial charge on any atom is -0.356 e. The number of amides is 2. The summed E-state index contributed by atoms with van der Waals surface area (Å²) in [6, 6.07) is 0. The van der Waals surface area contributed by atoms with Crippen molar-refractivity contribution >= 4 is 17.6 Å². The number of nitrogens with one attached hydrogen (secondary N) is 3. The summed E-state index contributed by atoms with van der Waals surface area (Å²) in [7, 11) is 0. The van der Waals surface area contributed by atoms with Crippen LogP contribution in [0.3, 0.4) is 0 Å². The van der Waals surface area contributed by atoms with Crippen molar-refractivity contribution < 1.29 is 9.59 Å². The average molecular weight is 223 g/mol. The Bertz CT molecular complexity index is 365. The first kappa shape index (κ1) is 10.6. The molecule has 1 aromatic heterocycles. The first-order valence-electron chi connectivity index (χ1n) is 5.16. The van der Waals surface area contributed by atoms with Crippen molar-refractivity contribution in [3.8, 4) is 0 Å². The summed E-state index contributed by atoms with van der Waals surface area (Å²) in [4.78, 5) is 22.5. The van der Waals surface area contributed by atoms with Gasteiger partial charge in [0.2, 0.25) is 11.8 Å². The second kappa shape index (κ2) is 4.73. The lowest BCUT2D eigenvalue weighted by atomic mass is 9.95. The Balaban J connectivity index is 1.77. The van der Waals surface area contributed by atoms with E-state index in [0.717, 1.165) is 6.42 Å². The second-order valence-electron chi connectivity index (χ2n) is 3.82. The summed E-state index contributed by atoms with van der Waals surface area (Å²) in [6.45, 7) is 0.574. The highest BCUT2D eigenvalue weighted by Gasteiger charge is 2.20. The molecule has 1 unspecified atom stereocenters. The minimum atomic E-state index is -0.102. The SMILES string of the molecule is O=C1CCC(CC(=O)Nc2cn[nH]n2)CN1. The van der Waals surface area contributed by atoms with Crippen LogP contribution in [0.15, 0.2) is 6.20 Å². The number of aromatic amines is 1. The Morgan fingerprint density at radius 2 is 2.50 bits per heavy atom. The van der Waals surface area contributed by atoms with Gasteiger partial charge in [0, 0.05) is 19.4 Å². The lowest BCUT2D eigenvalue weighted by molar-refractivity contribution is -0.124. The van der Waals surface area contributed by atoms with Gasteiger partial charge in [-0.2, -0.15) is 10.3 Å². The third kappa shape index (κ3) is 2.78. The summed E-state index contributed by atoms with van der Waals surface area (Å²) in [5, 5.41) is 15.1. The van der Waals surface area contributed by atoms with Crippen molar-refractivity contribution in [3.05, 3.63) is 6.20 Å². The van der Waals surface area contributed by atoms with E-state index in [1.807, 2.05) is 0 Å². The van der Waals surface area contributed by atoms with Crippen LogP contribution in [0.4, 0.5) is 5.82 Å². The van der Waals surface area contributed by atoms with Crippen molar-refractivity contribution in [3.63, 3.8) is 0 Å². The molecular formula is C9H13N5O2. The average Bonchev–Trinajstić information content (AvgIpc) is 2.74. The molecule has 16 heavy (non-hydrogen) atoms. The van der Waals surface area contributed by atoms with Crippen molar-refractivity contribution in [2.75, 3.05) is 11.9 Å². The van der Waals surface area contributed by atoms with E-state index in [4.69, 9.17) is 0 Å². The number of carbonyl (C=O) groups excluding carboxylic acids is 2. The quantitative estimate of drug-likeness (QED) is 0.652. The molecule has 1 saturated heterocycles. The molecular weight excluding hydrogens is 210 g/mol. The van der Waals surface area contributed by atoms with Gasteiger partial charge in [0.25, 0.3) is 0 Å². The molecule has 7 nitrogen and oxygen atoms in total. The van der Waals surface area contributed by atoms with Crippen LogP contribution >= 0.6 is 0 Å². The fourth-order valence-corrected chi connectivity index (χ4v) is 1.68. The first-order chi connectivity index (χ1) is 7.74.